The lowest BCUT2D eigenvalue weighted by Crippen LogP contribution is -2.56. The van der Waals surface area contributed by atoms with E-state index < -0.39 is 82.4 Å². The third-order valence-corrected chi connectivity index (χ3v) is 21.6. The number of carbonyl (C=O) groups excluding carboxylic acids is 4. The number of thioether (sulfide) groups is 1. The molecule has 3 N–H and O–H groups in total. The standard InChI is InChI=1S/C63H71ClF4N8O8S3/c1-40-34-73(35-41(2)75(40)38-45-30-44-37-76(61(80)53(44)32-54(45)65)56-20-21-58(77)70-60(56)79)25-23-48(39-85-50-8-6-5-7-9-50)69-55-19-18-51(31-57(55)86(81,82)63(66,67)68)87(83,84)71-59(78)43-12-16-49(17-13-43)74-28-26-72(27-29-74)36-46-33-62(3,4)24-22-52(46)42-10-14-47(64)15-11-42/h5-19,30-32,40-41,48,56,69H,20-29,33-39H2,1-4H3,(H,71,78)(H,70,77,79)/t40?,41?,48-,56?/m1/s1. The maximum absolute atomic E-state index is 15.8. The van der Waals surface area contributed by atoms with E-state index in [2.05, 4.69) is 56.2 Å². The molecule has 24 heteroatoms. The number of nitrogens with one attached hydrogen (secondary N) is 3. The number of piperazine rings is 2. The van der Waals surface area contributed by atoms with E-state index in [4.69, 9.17) is 11.6 Å². The number of carbonyl (C=O) groups is 4. The third-order valence-electron chi connectivity index (χ3n) is 17.3. The van der Waals surface area contributed by atoms with E-state index in [1.54, 1.807) is 18.2 Å². The number of imide groups is 1. The van der Waals surface area contributed by atoms with Gasteiger partial charge in [0.25, 0.3) is 31.7 Å². The Bertz CT molecular complexity index is 3670. The Morgan fingerprint density at radius 1 is 0.839 bits per heavy atom. The van der Waals surface area contributed by atoms with Crippen molar-refractivity contribution in [2.75, 3.05) is 68.3 Å². The fourth-order valence-corrected chi connectivity index (χ4v) is 15.7. The van der Waals surface area contributed by atoms with Gasteiger partial charge in [0, 0.05) is 128 Å². The quantitative estimate of drug-likeness (QED) is 0.0402. The van der Waals surface area contributed by atoms with Gasteiger partial charge in [-0.2, -0.15) is 13.2 Å². The number of benzene rings is 5. The normalized spacial score (nSPS) is 21.2. The van der Waals surface area contributed by atoms with Crippen LogP contribution in [0.1, 0.15) is 104 Å². The van der Waals surface area contributed by atoms with E-state index in [1.165, 1.54) is 51.6 Å². The van der Waals surface area contributed by atoms with Crippen LogP contribution in [0, 0.1) is 11.2 Å². The molecule has 3 saturated heterocycles. The molecule has 3 fully saturated rings. The van der Waals surface area contributed by atoms with Crippen LogP contribution in [-0.2, 0) is 42.5 Å². The van der Waals surface area contributed by atoms with Crippen LogP contribution in [0.5, 0.6) is 0 Å². The highest BCUT2D eigenvalue weighted by atomic mass is 35.5. The van der Waals surface area contributed by atoms with E-state index in [-0.39, 0.29) is 60.3 Å². The number of sulfonamides is 1. The molecule has 87 heavy (non-hydrogen) atoms. The van der Waals surface area contributed by atoms with E-state index in [0.29, 0.717) is 61.4 Å². The molecule has 5 aromatic rings. The molecule has 0 radical (unpaired) electrons. The number of allylic oxidation sites excluding steroid dienone is 1. The van der Waals surface area contributed by atoms with Crippen LogP contribution < -0.4 is 20.3 Å². The van der Waals surface area contributed by atoms with Crippen molar-refractivity contribution in [1.82, 2.24) is 29.6 Å². The van der Waals surface area contributed by atoms with Crippen LogP contribution >= 0.6 is 23.4 Å². The third kappa shape index (κ3) is 14.7. The largest absolute Gasteiger partial charge is 0.501 e. The summed E-state index contributed by atoms with van der Waals surface area (Å²) in [6.45, 7) is 14.2. The summed E-state index contributed by atoms with van der Waals surface area (Å²) in [6.07, 6.45) is 3.65. The molecular weight excluding hydrogens is 1200 g/mol. The SMILES string of the molecule is CC1CN(CC[C@H](CSc2ccccc2)Nc2ccc(S(=O)(=O)NC(=O)c3ccc(N4CCN(CC5=C(c6ccc(Cl)cc6)CCC(C)(C)C5)CC4)cc3)cc2S(=O)(=O)C(F)(F)F)CC(C)N1Cc1cc2c(cc1F)C(=O)N(C1CCC(=O)NC1=O)C2. The maximum Gasteiger partial charge on any atom is 0.501 e. The maximum atomic E-state index is 15.8. The number of halogens is 5. The van der Waals surface area contributed by atoms with Crippen molar-refractivity contribution >= 4 is 83.8 Å². The zero-order valence-electron chi connectivity index (χ0n) is 48.8. The highest BCUT2D eigenvalue weighted by molar-refractivity contribution is 7.99. The number of alkyl halides is 3. The lowest BCUT2D eigenvalue weighted by molar-refractivity contribution is -0.136. The minimum Gasteiger partial charge on any atom is -0.380 e. The zero-order chi connectivity index (χ0) is 62.2. The molecular formula is C63H71ClF4N8O8S3. The zero-order valence-corrected chi connectivity index (χ0v) is 52.0. The Balaban J connectivity index is 0.787. The Labute approximate surface area is 515 Å². The fraction of sp³-hybridized carbons (Fsp3) is 0.429. The van der Waals surface area contributed by atoms with Gasteiger partial charge in [-0.15, -0.1) is 11.8 Å². The summed E-state index contributed by atoms with van der Waals surface area (Å²) in [6, 6.07) is 27.0. The van der Waals surface area contributed by atoms with Gasteiger partial charge in [0.05, 0.1) is 10.6 Å². The predicted molar refractivity (Wildman–Crippen MR) is 328 cm³/mol. The number of sulfone groups is 1. The summed E-state index contributed by atoms with van der Waals surface area (Å²) >= 11 is 7.61. The topological polar surface area (TPSA) is 189 Å². The van der Waals surface area contributed by atoms with E-state index in [0.717, 1.165) is 61.6 Å². The van der Waals surface area contributed by atoms with Crippen molar-refractivity contribution in [2.24, 2.45) is 5.41 Å². The molecule has 4 amide bonds. The molecule has 4 aliphatic heterocycles. The summed E-state index contributed by atoms with van der Waals surface area (Å²) in [4.78, 5) is 60.3. The predicted octanol–water partition coefficient (Wildman–Crippen LogP) is 10.00. The number of hydrogen-bond acceptors (Lipinski definition) is 14. The number of amides is 4. The monoisotopic (exact) mass is 1270 g/mol. The van der Waals surface area contributed by atoms with Gasteiger partial charge in [-0.3, -0.25) is 34.3 Å². The van der Waals surface area contributed by atoms with Crippen molar-refractivity contribution in [3.63, 3.8) is 0 Å². The van der Waals surface area contributed by atoms with Crippen LogP contribution in [0.4, 0.5) is 28.9 Å². The number of anilines is 2. The molecule has 5 aliphatic rings. The van der Waals surface area contributed by atoms with E-state index >= 15 is 4.39 Å². The summed E-state index contributed by atoms with van der Waals surface area (Å²) in [5.74, 6) is -2.82. The highest BCUT2D eigenvalue weighted by Crippen LogP contribution is 2.43. The first-order chi connectivity index (χ1) is 41.2. The molecule has 16 nitrogen and oxygen atoms in total. The molecule has 3 unspecified atom stereocenters. The molecule has 0 spiro atoms. The Morgan fingerprint density at radius 2 is 1.53 bits per heavy atom. The highest BCUT2D eigenvalue weighted by Gasteiger charge is 2.49. The smallest absolute Gasteiger partial charge is 0.380 e. The number of fused-ring (bicyclic) bond motifs is 1. The van der Waals surface area contributed by atoms with E-state index in [1.807, 2.05) is 61.0 Å². The van der Waals surface area contributed by atoms with Gasteiger partial charge in [0.1, 0.15) is 16.8 Å². The van der Waals surface area contributed by atoms with Crippen LogP contribution in [0.25, 0.3) is 5.57 Å². The molecule has 464 valence electrons. The first-order valence-electron chi connectivity index (χ1n) is 29.2. The Hall–Kier alpha value is -6.34. The van der Waals surface area contributed by atoms with E-state index in [9.17, 15) is 49.2 Å². The van der Waals surface area contributed by atoms with Crippen LogP contribution in [0.3, 0.4) is 0 Å². The number of piperidine rings is 1. The van der Waals surface area contributed by atoms with Gasteiger partial charge < -0.3 is 20.0 Å². The summed E-state index contributed by atoms with van der Waals surface area (Å²) in [5, 5.41) is 6.00. The van der Waals surface area contributed by atoms with Crippen molar-refractivity contribution in [3.05, 3.63) is 153 Å². The minimum absolute atomic E-state index is 0.0405. The van der Waals surface area contributed by atoms with Crippen LogP contribution in [-0.4, -0.2) is 148 Å². The molecule has 4 atom stereocenters. The first-order valence-corrected chi connectivity index (χ1v) is 33.5. The fourth-order valence-electron chi connectivity index (χ4n) is 12.6. The molecule has 4 heterocycles. The van der Waals surface area contributed by atoms with Gasteiger partial charge in [0.2, 0.25) is 11.8 Å². The second-order valence-electron chi connectivity index (χ2n) is 24.2. The van der Waals surface area contributed by atoms with Gasteiger partial charge in [-0.25, -0.2) is 25.9 Å². The van der Waals surface area contributed by atoms with Crippen LogP contribution in [0.2, 0.25) is 5.02 Å². The summed E-state index contributed by atoms with van der Waals surface area (Å²) in [5.41, 5.74) is -0.211. The van der Waals surface area contributed by atoms with Gasteiger partial charge >= 0.3 is 5.51 Å². The first kappa shape index (κ1) is 63.7. The Morgan fingerprint density at radius 3 is 2.20 bits per heavy atom. The molecule has 1 aliphatic carbocycles. The average Bonchev–Trinajstić information content (AvgIpc) is 2.49. The summed E-state index contributed by atoms with van der Waals surface area (Å²) < 4.78 is 116. The molecule has 0 bridgehead atoms. The number of rotatable bonds is 19. The van der Waals surface area contributed by atoms with Crippen molar-refractivity contribution < 1.29 is 53.6 Å². The lowest BCUT2D eigenvalue weighted by atomic mass is 9.73. The Kier molecular flexibility index (Phi) is 19.0. The molecule has 10 rings (SSSR count). The minimum atomic E-state index is -6.18. The second-order valence-corrected chi connectivity index (χ2v) is 29.3. The summed E-state index contributed by atoms with van der Waals surface area (Å²) in [7, 11) is -11.1. The van der Waals surface area contributed by atoms with Crippen LogP contribution in [0.15, 0.2) is 129 Å². The van der Waals surface area contributed by atoms with Gasteiger partial charge in [-0.1, -0.05) is 61.4 Å². The van der Waals surface area contributed by atoms with Crippen molar-refractivity contribution in [3.8, 4) is 0 Å². The van der Waals surface area contributed by atoms with Crippen molar-refractivity contribution in [2.45, 2.75) is 124 Å². The molecule has 5 aromatic carbocycles. The van der Waals surface area contributed by atoms with Gasteiger partial charge in [-0.05, 0) is 147 Å². The molecule has 0 saturated carbocycles. The number of nitrogens with zero attached hydrogens (tertiary/aromatic N) is 5. The molecule has 0 aromatic heterocycles. The lowest BCUT2D eigenvalue weighted by Gasteiger charge is -2.45. The second kappa shape index (κ2) is 26.0. The van der Waals surface area contributed by atoms with Crippen molar-refractivity contribution in [1.29, 1.82) is 0 Å². The average molecular weight is 1280 g/mol. The number of hydrogen-bond donors (Lipinski definition) is 3. The van der Waals surface area contributed by atoms with Gasteiger partial charge in [0.15, 0.2) is 0 Å².